The maximum absolute atomic E-state index is 11.1. The normalized spacial score (nSPS) is 23.0. The average Bonchev–Trinajstić information content (AvgIpc) is 2.66. The van der Waals surface area contributed by atoms with Crippen LogP contribution in [0.2, 0.25) is 5.02 Å². The number of hydrogen-bond donors (Lipinski definition) is 3. The molecule has 0 spiro atoms. The number of halogens is 1. The van der Waals surface area contributed by atoms with Crippen molar-refractivity contribution in [1.29, 1.82) is 0 Å². The molecule has 4 nitrogen and oxygen atoms in total. The largest absolute Gasteiger partial charge is 0.481 e. The van der Waals surface area contributed by atoms with E-state index in [1.165, 1.54) is 0 Å². The molecule has 1 aliphatic rings. The van der Waals surface area contributed by atoms with Gasteiger partial charge in [-0.05, 0) is 24.1 Å². The summed E-state index contributed by atoms with van der Waals surface area (Å²) < 4.78 is 0. The molecule has 18 heavy (non-hydrogen) atoms. The minimum absolute atomic E-state index is 0.232. The van der Waals surface area contributed by atoms with Crippen LogP contribution >= 0.6 is 11.6 Å². The lowest BCUT2D eigenvalue weighted by atomic mass is 9.84. The molecule has 1 heterocycles. The number of benzene rings is 1. The molecule has 5 heteroatoms. The quantitative estimate of drug-likeness (QED) is 0.740. The van der Waals surface area contributed by atoms with Gasteiger partial charge in [0, 0.05) is 34.1 Å². The van der Waals surface area contributed by atoms with Gasteiger partial charge in [-0.25, -0.2) is 0 Å². The van der Waals surface area contributed by atoms with Gasteiger partial charge in [-0.15, -0.1) is 0 Å². The Hall–Kier alpha value is -1.52. The monoisotopic (exact) mass is 264 g/mol. The fraction of sp³-hybridized carbons (Fsp3) is 0.308. The van der Waals surface area contributed by atoms with Crippen LogP contribution in [0.3, 0.4) is 0 Å². The van der Waals surface area contributed by atoms with Crippen LogP contribution in [-0.4, -0.2) is 16.1 Å². The number of H-pyrrole nitrogens is 1. The summed E-state index contributed by atoms with van der Waals surface area (Å²) in [5.41, 5.74) is 9.00. The summed E-state index contributed by atoms with van der Waals surface area (Å²) in [4.78, 5) is 14.3. The predicted octanol–water partition coefficient (Wildman–Crippen LogP) is 2.47. The minimum atomic E-state index is -0.784. The van der Waals surface area contributed by atoms with Crippen molar-refractivity contribution >= 4 is 28.5 Å². The molecule has 2 atom stereocenters. The third kappa shape index (κ3) is 1.69. The number of carbonyl (C=O) groups is 1. The molecule has 0 saturated heterocycles. The number of carboxylic acid groups (broad SMARTS) is 1. The topological polar surface area (TPSA) is 79.1 Å². The Labute approximate surface area is 109 Å². The second-order valence-electron chi connectivity index (χ2n) is 4.79. The minimum Gasteiger partial charge on any atom is -0.481 e. The van der Waals surface area contributed by atoms with Crippen LogP contribution in [0.25, 0.3) is 10.9 Å². The number of rotatable bonds is 1. The molecule has 1 aliphatic carbocycles. The summed E-state index contributed by atoms with van der Waals surface area (Å²) in [7, 11) is 0. The average molecular weight is 265 g/mol. The zero-order valence-corrected chi connectivity index (χ0v) is 10.4. The van der Waals surface area contributed by atoms with Gasteiger partial charge >= 0.3 is 5.97 Å². The van der Waals surface area contributed by atoms with Crippen LogP contribution in [0.4, 0.5) is 0 Å². The lowest BCUT2D eigenvalue weighted by Crippen LogP contribution is -2.28. The molecule has 0 radical (unpaired) electrons. The lowest BCUT2D eigenvalue weighted by Gasteiger charge is -2.24. The van der Waals surface area contributed by atoms with Crippen molar-refractivity contribution in [2.45, 2.75) is 18.9 Å². The van der Waals surface area contributed by atoms with E-state index >= 15 is 0 Å². The predicted molar refractivity (Wildman–Crippen MR) is 69.7 cm³/mol. The van der Waals surface area contributed by atoms with Gasteiger partial charge in [0.05, 0.1) is 5.92 Å². The van der Waals surface area contributed by atoms with Crippen LogP contribution < -0.4 is 5.73 Å². The van der Waals surface area contributed by atoms with Crippen LogP contribution in [0.1, 0.15) is 23.7 Å². The third-order valence-electron chi connectivity index (χ3n) is 3.59. The van der Waals surface area contributed by atoms with Gasteiger partial charge in [-0.2, -0.15) is 0 Å². The highest BCUT2D eigenvalue weighted by atomic mass is 35.5. The Morgan fingerprint density at radius 3 is 3.00 bits per heavy atom. The van der Waals surface area contributed by atoms with Crippen molar-refractivity contribution in [3.63, 3.8) is 0 Å². The highest BCUT2D eigenvalue weighted by molar-refractivity contribution is 6.31. The van der Waals surface area contributed by atoms with E-state index in [4.69, 9.17) is 22.4 Å². The molecule has 2 aromatic rings. The van der Waals surface area contributed by atoms with E-state index in [2.05, 4.69) is 4.98 Å². The Morgan fingerprint density at radius 2 is 2.28 bits per heavy atom. The van der Waals surface area contributed by atoms with Gasteiger partial charge in [0.15, 0.2) is 0 Å². The molecule has 0 aliphatic heterocycles. The first kappa shape index (κ1) is 11.6. The zero-order valence-electron chi connectivity index (χ0n) is 9.61. The summed E-state index contributed by atoms with van der Waals surface area (Å²) in [6.07, 6.45) is 0.989. The molecule has 1 aromatic carbocycles. The third-order valence-corrected chi connectivity index (χ3v) is 3.83. The SMILES string of the molecule is NC1CC(C(=O)O)Cc2[nH]c3cc(Cl)ccc3c21. The van der Waals surface area contributed by atoms with Crippen molar-refractivity contribution in [1.82, 2.24) is 4.98 Å². The summed E-state index contributed by atoms with van der Waals surface area (Å²) in [5.74, 6) is -1.19. The molecule has 3 rings (SSSR count). The fourth-order valence-corrected chi connectivity index (χ4v) is 2.95. The summed E-state index contributed by atoms with van der Waals surface area (Å²) in [6, 6.07) is 5.38. The van der Waals surface area contributed by atoms with E-state index in [0.717, 1.165) is 22.2 Å². The standard InChI is InChI=1S/C13H13ClN2O2/c14-7-1-2-8-10(5-7)16-11-4-6(13(17)18)3-9(15)12(8)11/h1-2,5-6,9,16H,3-4,15H2,(H,17,18). The second kappa shape index (κ2) is 4.00. The molecule has 0 amide bonds. The first-order valence-corrected chi connectivity index (χ1v) is 6.22. The Kier molecular flexibility index (Phi) is 2.57. The molecule has 4 N–H and O–H groups in total. The first-order valence-electron chi connectivity index (χ1n) is 5.84. The van der Waals surface area contributed by atoms with E-state index in [9.17, 15) is 4.79 Å². The number of nitrogens with two attached hydrogens (primary N) is 1. The molecule has 0 bridgehead atoms. The highest BCUT2D eigenvalue weighted by Gasteiger charge is 2.31. The maximum atomic E-state index is 11.1. The molecular weight excluding hydrogens is 252 g/mol. The maximum Gasteiger partial charge on any atom is 0.306 e. The summed E-state index contributed by atoms with van der Waals surface area (Å²) in [6.45, 7) is 0. The molecule has 2 unspecified atom stereocenters. The van der Waals surface area contributed by atoms with E-state index in [-0.39, 0.29) is 6.04 Å². The first-order chi connectivity index (χ1) is 8.56. The Bertz CT molecular complexity index is 635. The van der Waals surface area contributed by atoms with Crippen LogP contribution in [0.15, 0.2) is 18.2 Å². The van der Waals surface area contributed by atoms with E-state index < -0.39 is 11.9 Å². The number of aromatic amines is 1. The van der Waals surface area contributed by atoms with Crippen molar-refractivity contribution in [3.8, 4) is 0 Å². The summed E-state index contributed by atoms with van der Waals surface area (Å²) >= 11 is 5.95. The fourth-order valence-electron chi connectivity index (χ4n) is 2.77. The number of hydrogen-bond acceptors (Lipinski definition) is 2. The number of nitrogens with one attached hydrogen (secondary N) is 1. The zero-order chi connectivity index (χ0) is 12.9. The van der Waals surface area contributed by atoms with Crippen molar-refractivity contribution in [2.75, 3.05) is 0 Å². The van der Waals surface area contributed by atoms with Crippen molar-refractivity contribution in [3.05, 3.63) is 34.5 Å². The van der Waals surface area contributed by atoms with Crippen LogP contribution in [-0.2, 0) is 11.2 Å². The van der Waals surface area contributed by atoms with Gasteiger partial charge in [0.2, 0.25) is 0 Å². The van der Waals surface area contributed by atoms with E-state index in [0.29, 0.717) is 17.9 Å². The molecule has 94 valence electrons. The second-order valence-corrected chi connectivity index (χ2v) is 5.23. The van der Waals surface area contributed by atoms with Crippen LogP contribution in [0.5, 0.6) is 0 Å². The van der Waals surface area contributed by atoms with Crippen molar-refractivity contribution in [2.24, 2.45) is 11.7 Å². The van der Waals surface area contributed by atoms with E-state index in [1.54, 1.807) is 0 Å². The van der Waals surface area contributed by atoms with Gasteiger partial charge in [-0.1, -0.05) is 17.7 Å². The smallest absolute Gasteiger partial charge is 0.306 e. The number of aromatic nitrogens is 1. The number of fused-ring (bicyclic) bond motifs is 3. The van der Waals surface area contributed by atoms with E-state index in [1.807, 2.05) is 18.2 Å². The van der Waals surface area contributed by atoms with Gasteiger partial charge < -0.3 is 15.8 Å². The molecular formula is C13H13ClN2O2. The van der Waals surface area contributed by atoms with Gasteiger partial charge in [-0.3, -0.25) is 4.79 Å². The molecule has 0 fully saturated rings. The van der Waals surface area contributed by atoms with Crippen LogP contribution in [0, 0.1) is 5.92 Å². The Balaban J connectivity index is 2.15. The number of carboxylic acids is 1. The number of aliphatic carboxylic acids is 1. The summed E-state index contributed by atoms with van der Waals surface area (Å²) in [5, 5.41) is 10.8. The Morgan fingerprint density at radius 1 is 1.50 bits per heavy atom. The lowest BCUT2D eigenvalue weighted by molar-refractivity contribution is -0.142. The highest BCUT2D eigenvalue weighted by Crippen LogP contribution is 2.37. The van der Waals surface area contributed by atoms with Gasteiger partial charge in [0.25, 0.3) is 0 Å². The molecule has 1 aromatic heterocycles. The van der Waals surface area contributed by atoms with Crippen molar-refractivity contribution < 1.29 is 9.90 Å². The van der Waals surface area contributed by atoms with Gasteiger partial charge in [0.1, 0.15) is 0 Å². The molecule has 0 saturated carbocycles.